The summed E-state index contributed by atoms with van der Waals surface area (Å²) in [6.45, 7) is 10.1. The summed E-state index contributed by atoms with van der Waals surface area (Å²) in [7, 11) is 0. The van der Waals surface area contributed by atoms with Crippen LogP contribution in [0.4, 0.5) is 0 Å². The molecular formula is C12H23N3O2. The number of likely N-dealkylation sites (N-methyl/N-ethyl adjacent to an activating group) is 1. The Morgan fingerprint density at radius 2 is 2.29 bits per heavy atom. The number of nitrogens with zero attached hydrogens (tertiary/aromatic N) is 2. The minimum atomic E-state index is -0.260. The van der Waals surface area contributed by atoms with Gasteiger partial charge in [-0.2, -0.15) is 0 Å². The van der Waals surface area contributed by atoms with E-state index in [4.69, 9.17) is 4.74 Å². The monoisotopic (exact) mass is 241 g/mol. The van der Waals surface area contributed by atoms with Crippen molar-refractivity contribution < 1.29 is 9.53 Å². The van der Waals surface area contributed by atoms with Crippen LogP contribution >= 0.6 is 0 Å². The maximum atomic E-state index is 12.4. The molecule has 2 atom stereocenters. The van der Waals surface area contributed by atoms with Crippen molar-refractivity contribution in [1.82, 2.24) is 15.1 Å². The van der Waals surface area contributed by atoms with Crippen LogP contribution in [0, 0.1) is 0 Å². The number of morpholine rings is 1. The van der Waals surface area contributed by atoms with Gasteiger partial charge >= 0.3 is 0 Å². The van der Waals surface area contributed by atoms with E-state index >= 15 is 0 Å². The molecule has 0 aromatic carbocycles. The number of rotatable bonds is 2. The first-order chi connectivity index (χ1) is 8.22. The summed E-state index contributed by atoms with van der Waals surface area (Å²) >= 11 is 0. The lowest BCUT2D eigenvalue weighted by atomic mass is 10.1. The summed E-state index contributed by atoms with van der Waals surface area (Å²) in [6, 6.07) is 0.275. The fourth-order valence-corrected chi connectivity index (χ4v) is 2.49. The smallest absolute Gasteiger partial charge is 0.253 e. The van der Waals surface area contributed by atoms with E-state index in [9.17, 15) is 4.79 Å². The Kier molecular flexibility index (Phi) is 4.36. The minimum Gasteiger partial charge on any atom is -0.366 e. The molecule has 2 heterocycles. The van der Waals surface area contributed by atoms with Crippen LogP contribution in [-0.2, 0) is 9.53 Å². The van der Waals surface area contributed by atoms with E-state index in [0.29, 0.717) is 6.61 Å². The quantitative estimate of drug-likeness (QED) is 0.710. The second-order valence-electron chi connectivity index (χ2n) is 4.84. The Balaban J connectivity index is 1.93. The van der Waals surface area contributed by atoms with Crippen molar-refractivity contribution in [3.8, 4) is 0 Å². The Labute approximate surface area is 103 Å². The SMILES string of the molecule is CCN1CCO[C@@H](C(=O)N2CCNC[C@H]2C)C1. The molecule has 17 heavy (non-hydrogen) atoms. The van der Waals surface area contributed by atoms with Crippen LogP contribution in [0.1, 0.15) is 13.8 Å². The lowest BCUT2D eigenvalue weighted by molar-refractivity contribution is -0.152. The summed E-state index contributed by atoms with van der Waals surface area (Å²) < 4.78 is 5.62. The number of nitrogens with one attached hydrogen (secondary N) is 1. The number of piperazine rings is 1. The number of carbonyl (C=O) groups is 1. The molecule has 98 valence electrons. The molecule has 0 radical (unpaired) electrons. The Hall–Kier alpha value is -0.650. The van der Waals surface area contributed by atoms with E-state index in [0.717, 1.165) is 39.3 Å². The highest BCUT2D eigenvalue weighted by Gasteiger charge is 2.32. The Bertz CT molecular complexity index is 272. The van der Waals surface area contributed by atoms with Crippen molar-refractivity contribution in [3.63, 3.8) is 0 Å². The van der Waals surface area contributed by atoms with E-state index in [1.54, 1.807) is 0 Å². The molecule has 2 fully saturated rings. The van der Waals surface area contributed by atoms with E-state index < -0.39 is 0 Å². The third kappa shape index (κ3) is 2.97. The van der Waals surface area contributed by atoms with Gasteiger partial charge in [0.05, 0.1) is 6.61 Å². The lowest BCUT2D eigenvalue weighted by Gasteiger charge is -2.39. The van der Waals surface area contributed by atoms with Crippen molar-refractivity contribution in [3.05, 3.63) is 0 Å². The zero-order valence-corrected chi connectivity index (χ0v) is 10.8. The first kappa shape index (κ1) is 12.8. The third-order valence-electron chi connectivity index (χ3n) is 3.66. The van der Waals surface area contributed by atoms with E-state index in [1.165, 1.54) is 0 Å². The molecule has 0 aliphatic carbocycles. The highest BCUT2D eigenvalue weighted by Crippen LogP contribution is 2.11. The molecular weight excluding hydrogens is 218 g/mol. The van der Waals surface area contributed by atoms with E-state index in [-0.39, 0.29) is 18.1 Å². The number of amides is 1. The average molecular weight is 241 g/mol. The molecule has 1 N–H and O–H groups in total. The van der Waals surface area contributed by atoms with Crippen molar-refractivity contribution >= 4 is 5.91 Å². The second kappa shape index (κ2) is 5.80. The molecule has 2 aliphatic rings. The first-order valence-electron chi connectivity index (χ1n) is 6.57. The predicted molar refractivity (Wildman–Crippen MR) is 65.9 cm³/mol. The maximum absolute atomic E-state index is 12.4. The zero-order valence-electron chi connectivity index (χ0n) is 10.8. The van der Waals surface area contributed by atoms with Crippen LogP contribution < -0.4 is 5.32 Å². The summed E-state index contributed by atoms with van der Waals surface area (Å²) in [5.74, 6) is 0.164. The largest absolute Gasteiger partial charge is 0.366 e. The molecule has 0 saturated carbocycles. The number of ether oxygens (including phenoxy) is 1. The molecule has 1 amide bonds. The van der Waals surface area contributed by atoms with Gasteiger partial charge in [-0.05, 0) is 13.5 Å². The van der Waals surface area contributed by atoms with Gasteiger partial charge < -0.3 is 15.0 Å². The van der Waals surface area contributed by atoms with Gasteiger partial charge in [-0.1, -0.05) is 6.92 Å². The van der Waals surface area contributed by atoms with Gasteiger partial charge in [0.2, 0.25) is 0 Å². The molecule has 5 nitrogen and oxygen atoms in total. The molecule has 0 unspecified atom stereocenters. The summed E-state index contributed by atoms with van der Waals surface area (Å²) in [4.78, 5) is 16.6. The van der Waals surface area contributed by atoms with Crippen molar-refractivity contribution in [2.45, 2.75) is 26.0 Å². The van der Waals surface area contributed by atoms with Crippen LogP contribution in [0.2, 0.25) is 0 Å². The summed E-state index contributed by atoms with van der Waals surface area (Å²) in [5.41, 5.74) is 0. The second-order valence-corrected chi connectivity index (χ2v) is 4.84. The summed E-state index contributed by atoms with van der Waals surface area (Å²) in [6.07, 6.45) is -0.260. The number of hydrogen-bond acceptors (Lipinski definition) is 4. The van der Waals surface area contributed by atoms with Crippen LogP contribution in [0.5, 0.6) is 0 Å². The van der Waals surface area contributed by atoms with Crippen LogP contribution in [0.15, 0.2) is 0 Å². The van der Waals surface area contributed by atoms with Gasteiger partial charge in [0.1, 0.15) is 6.10 Å². The van der Waals surface area contributed by atoms with Gasteiger partial charge in [-0.3, -0.25) is 9.69 Å². The van der Waals surface area contributed by atoms with Gasteiger partial charge in [0, 0.05) is 38.8 Å². The Morgan fingerprint density at radius 3 is 3.00 bits per heavy atom. The fraction of sp³-hybridized carbons (Fsp3) is 0.917. The standard InChI is InChI=1S/C12H23N3O2/c1-3-14-6-7-17-11(9-14)12(16)15-5-4-13-8-10(15)2/h10-11,13H,3-9H2,1-2H3/t10-,11-/m1/s1. The third-order valence-corrected chi connectivity index (χ3v) is 3.66. The predicted octanol–water partition coefficient (Wildman–Crippen LogP) is -0.473. The number of carbonyl (C=O) groups excluding carboxylic acids is 1. The normalized spacial score (nSPS) is 31.5. The van der Waals surface area contributed by atoms with Crippen molar-refractivity contribution in [2.75, 3.05) is 45.9 Å². The molecule has 0 spiro atoms. The van der Waals surface area contributed by atoms with Crippen LogP contribution in [0.3, 0.4) is 0 Å². The molecule has 2 aliphatic heterocycles. The van der Waals surface area contributed by atoms with Crippen molar-refractivity contribution in [1.29, 1.82) is 0 Å². The molecule has 2 saturated heterocycles. The van der Waals surface area contributed by atoms with E-state index in [2.05, 4.69) is 24.1 Å². The lowest BCUT2D eigenvalue weighted by Crippen LogP contribution is -2.58. The van der Waals surface area contributed by atoms with Crippen LogP contribution in [-0.4, -0.2) is 73.7 Å². The van der Waals surface area contributed by atoms with Gasteiger partial charge in [-0.15, -0.1) is 0 Å². The molecule has 0 bridgehead atoms. The topological polar surface area (TPSA) is 44.8 Å². The van der Waals surface area contributed by atoms with Crippen molar-refractivity contribution in [2.24, 2.45) is 0 Å². The zero-order chi connectivity index (χ0) is 12.3. The van der Waals surface area contributed by atoms with E-state index in [1.807, 2.05) is 4.90 Å². The average Bonchev–Trinajstić information content (AvgIpc) is 2.38. The van der Waals surface area contributed by atoms with Gasteiger partial charge in [0.25, 0.3) is 5.91 Å². The minimum absolute atomic E-state index is 0.164. The molecule has 0 aromatic heterocycles. The summed E-state index contributed by atoms with van der Waals surface area (Å²) in [5, 5.41) is 3.30. The highest BCUT2D eigenvalue weighted by molar-refractivity contribution is 5.81. The number of hydrogen-bond donors (Lipinski definition) is 1. The van der Waals surface area contributed by atoms with Gasteiger partial charge in [-0.25, -0.2) is 0 Å². The Morgan fingerprint density at radius 1 is 1.47 bits per heavy atom. The molecule has 0 aromatic rings. The fourth-order valence-electron chi connectivity index (χ4n) is 2.49. The van der Waals surface area contributed by atoms with Crippen LogP contribution in [0.25, 0.3) is 0 Å². The first-order valence-corrected chi connectivity index (χ1v) is 6.57. The highest BCUT2D eigenvalue weighted by atomic mass is 16.5. The maximum Gasteiger partial charge on any atom is 0.253 e. The molecule has 5 heteroatoms. The van der Waals surface area contributed by atoms with Gasteiger partial charge in [0.15, 0.2) is 0 Å². The molecule has 2 rings (SSSR count).